The van der Waals surface area contributed by atoms with Gasteiger partial charge in [0.15, 0.2) is 5.78 Å². The molecule has 0 amide bonds. The smallest absolute Gasteiger partial charge is 0.178 e. The second kappa shape index (κ2) is 5.89. The van der Waals surface area contributed by atoms with Crippen LogP contribution in [0.4, 0.5) is 0 Å². The van der Waals surface area contributed by atoms with Crippen molar-refractivity contribution >= 4 is 43.7 Å². The van der Waals surface area contributed by atoms with Gasteiger partial charge in [-0.3, -0.25) is 4.79 Å². The third kappa shape index (κ3) is 3.92. The molecule has 0 saturated carbocycles. The van der Waals surface area contributed by atoms with E-state index in [4.69, 9.17) is 5.26 Å². The predicted octanol–water partition coefficient (Wildman–Crippen LogP) is 4.44. The van der Waals surface area contributed by atoms with Crippen LogP contribution >= 0.6 is 31.9 Å². The Balaban J connectivity index is 3.28. The summed E-state index contributed by atoms with van der Waals surface area (Å²) in [6.07, 6.45) is 1.52. The Morgan fingerprint density at radius 2 is 1.79 bits per heavy atom. The van der Waals surface area contributed by atoms with Gasteiger partial charge in [0.1, 0.15) is 11.8 Å². The van der Waals surface area contributed by atoms with E-state index >= 15 is 0 Å². The minimum Gasteiger partial charge on any atom is -0.506 e. The van der Waals surface area contributed by atoms with Gasteiger partial charge in [-0.05, 0) is 55.6 Å². The number of Topliss-reactive ketones (excluding diaryl/α,β-unsaturated/α-hetero) is 1. The zero-order valence-electron chi connectivity index (χ0n) is 10.8. The summed E-state index contributed by atoms with van der Waals surface area (Å²) in [4.78, 5) is 12.1. The number of phenols is 1. The van der Waals surface area contributed by atoms with Crippen LogP contribution < -0.4 is 0 Å². The fourth-order valence-electron chi connectivity index (χ4n) is 1.39. The quantitative estimate of drug-likeness (QED) is 0.603. The number of nitrogens with zero attached hydrogens (tertiary/aromatic N) is 1. The number of ketones is 1. The summed E-state index contributed by atoms with van der Waals surface area (Å²) in [7, 11) is 0. The van der Waals surface area contributed by atoms with E-state index in [1.165, 1.54) is 6.08 Å². The van der Waals surface area contributed by atoms with E-state index in [9.17, 15) is 9.90 Å². The lowest BCUT2D eigenvalue weighted by molar-refractivity contribution is -0.121. The number of benzene rings is 1. The molecular weight excluding hydrogens is 374 g/mol. The molecule has 0 aliphatic rings. The first-order valence-corrected chi connectivity index (χ1v) is 7.10. The number of rotatable bonds is 2. The van der Waals surface area contributed by atoms with Crippen LogP contribution in [0.5, 0.6) is 5.75 Å². The second-order valence-electron chi connectivity index (χ2n) is 5.08. The third-order valence-corrected chi connectivity index (χ3v) is 3.61. The first kappa shape index (κ1) is 15.9. The number of nitriles is 1. The van der Waals surface area contributed by atoms with Gasteiger partial charge in [0, 0.05) is 5.41 Å². The van der Waals surface area contributed by atoms with Crippen LogP contribution in [0.25, 0.3) is 6.08 Å². The van der Waals surface area contributed by atoms with Gasteiger partial charge in [-0.15, -0.1) is 0 Å². The Kier molecular flexibility index (Phi) is 4.94. The summed E-state index contributed by atoms with van der Waals surface area (Å²) in [6, 6.07) is 5.22. The van der Waals surface area contributed by atoms with Crippen molar-refractivity contribution in [1.29, 1.82) is 5.26 Å². The molecule has 1 rings (SSSR count). The zero-order chi connectivity index (χ0) is 14.8. The van der Waals surface area contributed by atoms with Crippen molar-refractivity contribution < 1.29 is 9.90 Å². The molecule has 0 unspecified atom stereocenters. The highest BCUT2D eigenvalue weighted by Crippen LogP contribution is 2.34. The van der Waals surface area contributed by atoms with E-state index in [-0.39, 0.29) is 17.1 Å². The molecule has 5 heteroatoms. The summed E-state index contributed by atoms with van der Waals surface area (Å²) in [5.74, 6) is -0.131. The van der Waals surface area contributed by atoms with Crippen molar-refractivity contribution in [2.75, 3.05) is 0 Å². The number of carbonyl (C=O) groups is 1. The number of phenolic OH excluding ortho intramolecular Hbond substituents is 1. The van der Waals surface area contributed by atoms with Gasteiger partial charge in [-0.25, -0.2) is 0 Å². The lowest BCUT2D eigenvalue weighted by Gasteiger charge is -2.15. The van der Waals surface area contributed by atoms with E-state index in [2.05, 4.69) is 31.9 Å². The number of hydrogen-bond acceptors (Lipinski definition) is 3. The highest BCUT2D eigenvalue weighted by atomic mass is 79.9. The molecule has 0 aliphatic heterocycles. The minimum atomic E-state index is -0.604. The van der Waals surface area contributed by atoms with E-state index < -0.39 is 5.41 Å². The molecule has 1 aromatic carbocycles. The lowest BCUT2D eigenvalue weighted by atomic mass is 9.86. The van der Waals surface area contributed by atoms with Gasteiger partial charge < -0.3 is 5.11 Å². The molecule has 19 heavy (non-hydrogen) atoms. The largest absolute Gasteiger partial charge is 0.506 e. The first-order chi connectivity index (χ1) is 8.66. The van der Waals surface area contributed by atoms with E-state index in [0.29, 0.717) is 14.5 Å². The van der Waals surface area contributed by atoms with Crippen LogP contribution in [0.15, 0.2) is 26.7 Å². The van der Waals surface area contributed by atoms with Crippen LogP contribution in [0.3, 0.4) is 0 Å². The molecule has 0 spiro atoms. The highest BCUT2D eigenvalue weighted by Gasteiger charge is 2.25. The van der Waals surface area contributed by atoms with Gasteiger partial charge in [0.25, 0.3) is 0 Å². The van der Waals surface area contributed by atoms with E-state index in [1.54, 1.807) is 32.9 Å². The normalized spacial score (nSPS) is 12.1. The van der Waals surface area contributed by atoms with Gasteiger partial charge in [0.05, 0.1) is 14.5 Å². The molecule has 0 heterocycles. The maximum Gasteiger partial charge on any atom is 0.178 e. The number of hydrogen-bond donors (Lipinski definition) is 1. The molecule has 0 bridgehead atoms. The molecule has 0 aliphatic carbocycles. The number of aromatic hydroxyl groups is 1. The van der Waals surface area contributed by atoms with E-state index in [0.717, 1.165) is 0 Å². The van der Waals surface area contributed by atoms with Crippen LogP contribution in [-0.4, -0.2) is 10.9 Å². The molecule has 100 valence electrons. The molecule has 1 N–H and O–H groups in total. The van der Waals surface area contributed by atoms with Crippen LogP contribution in [0, 0.1) is 16.7 Å². The number of halogens is 2. The Morgan fingerprint density at radius 1 is 1.32 bits per heavy atom. The SMILES string of the molecule is CC(C)(C)C(=O)/C(C#N)=C/c1cc(Br)c(O)c(Br)c1. The summed E-state index contributed by atoms with van der Waals surface area (Å²) in [6.45, 7) is 5.30. The Bertz CT molecular complexity index is 569. The minimum absolute atomic E-state index is 0.0813. The zero-order valence-corrected chi connectivity index (χ0v) is 14.0. The standard InChI is InChI=1S/C14H13Br2NO2/c1-14(2,3)13(19)9(7-17)4-8-5-10(15)12(18)11(16)6-8/h4-6,18H,1-3H3/b9-4+. The van der Waals surface area contributed by atoms with Crippen LogP contribution in [0.2, 0.25) is 0 Å². The molecule has 0 radical (unpaired) electrons. The highest BCUT2D eigenvalue weighted by molar-refractivity contribution is 9.11. The monoisotopic (exact) mass is 385 g/mol. The van der Waals surface area contributed by atoms with Gasteiger partial charge >= 0.3 is 0 Å². The summed E-state index contributed by atoms with van der Waals surface area (Å²) >= 11 is 6.42. The Labute approximate surface area is 129 Å². The maximum absolute atomic E-state index is 12.1. The Hall–Kier alpha value is -1.12. The number of allylic oxidation sites excluding steroid dienone is 1. The molecule has 0 aromatic heterocycles. The fourth-order valence-corrected chi connectivity index (χ4v) is 2.61. The summed E-state index contributed by atoms with van der Waals surface area (Å²) in [5.41, 5.74) is 0.148. The van der Waals surface area contributed by atoms with Crippen molar-refractivity contribution in [2.24, 2.45) is 5.41 Å². The molecule has 3 nitrogen and oxygen atoms in total. The number of carbonyl (C=O) groups excluding carboxylic acids is 1. The average molecular weight is 387 g/mol. The average Bonchev–Trinajstić information content (AvgIpc) is 2.30. The van der Waals surface area contributed by atoms with Gasteiger partial charge in [-0.1, -0.05) is 20.8 Å². The second-order valence-corrected chi connectivity index (χ2v) is 6.79. The topological polar surface area (TPSA) is 61.1 Å². The van der Waals surface area contributed by atoms with Crippen LogP contribution in [-0.2, 0) is 4.79 Å². The summed E-state index contributed by atoms with van der Waals surface area (Å²) in [5, 5.41) is 18.7. The molecule has 0 fully saturated rings. The summed E-state index contributed by atoms with van der Waals surface area (Å²) < 4.78 is 0.988. The van der Waals surface area contributed by atoms with Crippen molar-refractivity contribution in [1.82, 2.24) is 0 Å². The lowest BCUT2D eigenvalue weighted by Crippen LogP contribution is -2.21. The predicted molar refractivity (Wildman–Crippen MR) is 81.6 cm³/mol. The first-order valence-electron chi connectivity index (χ1n) is 5.51. The molecular formula is C14H13Br2NO2. The van der Waals surface area contributed by atoms with Crippen molar-refractivity contribution in [3.63, 3.8) is 0 Å². The van der Waals surface area contributed by atoms with Gasteiger partial charge in [0.2, 0.25) is 0 Å². The molecule has 0 atom stereocenters. The molecule has 1 aromatic rings. The van der Waals surface area contributed by atoms with E-state index in [1.807, 2.05) is 6.07 Å². The van der Waals surface area contributed by atoms with Crippen LogP contribution in [0.1, 0.15) is 26.3 Å². The Morgan fingerprint density at radius 3 is 2.16 bits per heavy atom. The third-order valence-electron chi connectivity index (χ3n) is 2.40. The molecule has 0 saturated heterocycles. The van der Waals surface area contributed by atoms with Crippen molar-refractivity contribution in [3.05, 3.63) is 32.2 Å². The van der Waals surface area contributed by atoms with Crippen molar-refractivity contribution in [3.8, 4) is 11.8 Å². The van der Waals surface area contributed by atoms with Gasteiger partial charge in [-0.2, -0.15) is 5.26 Å². The fraction of sp³-hybridized carbons (Fsp3) is 0.286. The van der Waals surface area contributed by atoms with Crippen molar-refractivity contribution in [2.45, 2.75) is 20.8 Å². The maximum atomic E-state index is 12.1.